The summed E-state index contributed by atoms with van der Waals surface area (Å²) in [6.45, 7) is 1.46. The van der Waals surface area contributed by atoms with E-state index in [1.165, 1.54) is 17.5 Å². The van der Waals surface area contributed by atoms with Gasteiger partial charge >= 0.3 is 5.97 Å². The maximum atomic E-state index is 12.4. The van der Waals surface area contributed by atoms with Crippen molar-refractivity contribution >= 4 is 11.9 Å². The number of amides is 1. The molecule has 5 nitrogen and oxygen atoms in total. The van der Waals surface area contributed by atoms with Crippen LogP contribution in [0.5, 0.6) is 5.75 Å². The van der Waals surface area contributed by atoms with Gasteiger partial charge in [-0.2, -0.15) is 0 Å². The highest BCUT2D eigenvalue weighted by Crippen LogP contribution is 2.26. The molecule has 0 unspecified atom stereocenters. The van der Waals surface area contributed by atoms with E-state index < -0.39 is 5.97 Å². The van der Waals surface area contributed by atoms with Crippen molar-refractivity contribution < 1.29 is 19.4 Å². The zero-order valence-corrected chi connectivity index (χ0v) is 14.0. The predicted molar refractivity (Wildman–Crippen MR) is 90.1 cm³/mol. The molecule has 1 aromatic carbocycles. The molecule has 2 aliphatic rings. The molecule has 1 atom stereocenters. The number of hydrogen-bond donors (Lipinski definition) is 1. The Kier molecular flexibility index (Phi) is 5.38. The van der Waals surface area contributed by atoms with Crippen molar-refractivity contribution in [2.24, 2.45) is 5.92 Å². The van der Waals surface area contributed by atoms with E-state index >= 15 is 0 Å². The minimum atomic E-state index is -0.765. The van der Waals surface area contributed by atoms with Gasteiger partial charge in [-0.1, -0.05) is 6.07 Å². The first kappa shape index (κ1) is 16.8. The summed E-state index contributed by atoms with van der Waals surface area (Å²) in [6.07, 6.45) is 6.20. The Bertz CT molecular complexity index is 613. The quantitative estimate of drug-likeness (QED) is 0.870. The van der Waals surface area contributed by atoms with Crippen LogP contribution in [0.15, 0.2) is 18.2 Å². The van der Waals surface area contributed by atoms with Crippen LogP contribution >= 0.6 is 0 Å². The van der Waals surface area contributed by atoms with Crippen LogP contribution in [0.2, 0.25) is 0 Å². The van der Waals surface area contributed by atoms with Gasteiger partial charge in [0.05, 0.1) is 0 Å². The number of aliphatic carboxylic acids is 1. The molecule has 1 N–H and O–H groups in total. The number of carbonyl (C=O) groups excluding carboxylic acids is 1. The Morgan fingerprint density at radius 3 is 2.88 bits per heavy atom. The molecular weight excluding hydrogens is 306 g/mol. The summed E-state index contributed by atoms with van der Waals surface area (Å²) in [6, 6.07) is 6.11. The molecule has 130 valence electrons. The number of piperidine rings is 1. The molecule has 0 radical (unpaired) electrons. The van der Waals surface area contributed by atoms with E-state index in [0.717, 1.165) is 38.0 Å². The molecule has 24 heavy (non-hydrogen) atoms. The van der Waals surface area contributed by atoms with Crippen molar-refractivity contribution in [2.75, 3.05) is 19.7 Å². The highest BCUT2D eigenvalue weighted by atomic mass is 16.5. The molecule has 3 rings (SSSR count). The second kappa shape index (κ2) is 7.69. The molecule has 0 saturated carbocycles. The number of carbonyl (C=O) groups is 2. The summed E-state index contributed by atoms with van der Waals surface area (Å²) >= 11 is 0. The zero-order chi connectivity index (χ0) is 16.9. The number of hydrogen-bond acceptors (Lipinski definition) is 3. The summed E-state index contributed by atoms with van der Waals surface area (Å²) in [4.78, 5) is 24.9. The number of fused-ring (bicyclic) bond motifs is 1. The second-order valence-corrected chi connectivity index (χ2v) is 6.85. The third-order valence-corrected chi connectivity index (χ3v) is 5.07. The molecule has 0 aromatic heterocycles. The van der Waals surface area contributed by atoms with E-state index in [-0.39, 0.29) is 18.9 Å². The standard InChI is InChI=1S/C19H25NO4/c21-18(20-10-2-3-14(12-20)6-9-19(22)23)13-24-17-8-7-15-4-1-5-16(15)11-17/h7-8,11,14H,1-6,9-10,12-13H2,(H,22,23)/t14-/m0/s1. The molecule has 0 spiro atoms. The summed E-state index contributed by atoms with van der Waals surface area (Å²) in [7, 11) is 0. The van der Waals surface area contributed by atoms with Gasteiger partial charge in [-0.3, -0.25) is 9.59 Å². The SMILES string of the molecule is O=C(O)CC[C@@H]1CCCN(C(=O)COc2ccc3c(c2)CCC3)C1. The zero-order valence-electron chi connectivity index (χ0n) is 14.0. The summed E-state index contributed by atoms with van der Waals surface area (Å²) in [5.74, 6) is 0.288. The maximum absolute atomic E-state index is 12.4. The van der Waals surface area contributed by atoms with Crippen LogP contribution in [0.25, 0.3) is 0 Å². The van der Waals surface area contributed by atoms with E-state index in [0.29, 0.717) is 18.9 Å². The predicted octanol–water partition coefficient (Wildman–Crippen LogP) is 2.66. The first-order chi connectivity index (χ1) is 11.6. The molecule has 1 aliphatic heterocycles. The average Bonchev–Trinajstić information content (AvgIpc) is 3.06. The molecule has 5 heteroatoms. The average molecular weight is 331 g/mol. The third kappa shape index (κ3) is 4.28. The second-order valence-electron chi connectivity index (χ2n) is 6.85. The van der Waals surface area contributed by atoms with Crippen LogP contribution in [0.3, 0.4) is 0 Å². The first-order valence-electron chi connectivity index (χ1n) is 8.86. The van der Waals surface area contributed by atoms with Gasteiger partial charge in [-0.25, -0.2) is 0 Å². The van der Waals surface area contributed by atoms with E-state index in [2.05, 4.69) is 12.1 Å². The van der Waals surface area contributed by atoms with Crippen molar-refractivity contribution in [3.05, 3.63) is 29.3 Å². The van der Waals surface area contributed by atoms with Crippen LogP contribution in [0.4, 0.5) is 0 Å². The van der Waals surface area contributed by atoms with Gasteiger partial charge in [0, 0.05) is 19.5 Å². The van der Waals surface area contributed by atoms with Gasteiger partial charge in [-0.15, -0.1) is 0 Å². The van der Waals surface area contributed by atoms with Crippen LogP contribution in [-0.4, -0.2) is 41.6 Å². The number of nitrogens with zero attached hydrogens (tertiary/aromatic N) is 1. The number of aryl methyl sites for hydroxylation is 2. The fourth-order valence-electron chi connectivity index (χ4n) is 3.73. The molecule has 1 aliphatic carbocycles. The van der Waals surface area contributed by atoms with E-state index in [9.17, 15) is 9.59 Å². The van der Waals surface area contributed by atoms with Crippen LogP contribution in [0.1, 0.15) is 43.2 Å². The molecule has 1 fully saturated rings. The molecule has 1 saturated heterocycles. The smallest absolute Gasteiger partial charge is 0.303 e. The Labute approximate surface area is 142 Å². The molecule has 0 bridgehead atoms. The third-order valence-electron chi connectivity index (χ3n) is 5.07. The van der Waals surface area contributed by atoms with Crippen molar-refractivity contribution in [2.45, 2.75) is 44.9 Å². The molecule has 1 heterocycles. The minimum absolute atomic E-state index is 0.00414. The van der Waals surface area contributed by atoms with Gasteiger partial charge in [0.1, 0.15) is 5.75 Å². The number of likely N-dealkylation sites (tertiary alicyclic amines) is 1. The summed E-state index contributed by atoms with van der Waals surface area (Å²) in [5.41, 5.74) is 2.73. The number of carboxylic acid groups (broad SMARTS) is 1. The number of carboxylic acids is 1. The van der Waals surface area contributed by atoms with Gasteiger partial charge < -0.3 is 14.7 Å². The Balaban J connectivity index is 1.48. The number of benzene rings is 1. The van der Waals surface area contributed by atoms with Gasteiger partial charge in [0.2, 0.25) is 0 Å². The van der Waals surface area contributed by atoms with Crippen molar-refractivity contribution in [1.82, 2.24) is 4.90 Å². The minimum Gasteiger partial charge on any atom is -0.484 e. The Hall–Kier alpha value is -2.04. The van der Waals surface area contributed by atoms with Crippen LogP contribution < -0.4 is 4.74 Å². The number of rotatable bonds is 6. The van der Waals surface area contributed by atoms with Crippen LogP contribution in [0, 0.1) is 5.92 Å². The maximum Gasteiger partial charge on any atom is 0.303 e. The normalized spacial score (nSPS) is 19.8. The fraction of sp³-hybridized carbons (Fsp3) is 0.579. The lowest BCUT2D eigenvalue weighted by Gasteiger charge is -2.32. The first-order valence-corrected chi connectivity index (χ1v) is 8.86. The van der Waals surface area contributed by atoms with Crippen molar-refractivity contribution in [3.8, 4) is 5.75 Å². The molecule has 1 aromatic rings. The van der Waals surface area contributed by atoms with E-state index in [1.807, 2.05) is 11.0 Å². The summed E-state index contributed by atoms with van der Waals surface area (Å²) < 4.78 is 5.69. The Morgan fingerprint density at radius 1 is 1.21 bits per heavy atom. The lowest BCUT2D eigenvalue weighted by Crippen LogP contribution is -2.42. The lowest BCUT2D eigenvalue weighted by atomic mass is 9.93. The fourth-order valence-corrected chi connectivity index (χ4v) is 3.73. The Morgan fingerprint density at radius 2 is 2.04 bits per heavy atom. The highest BCUT2D eigenvalue weighted by Gasteiger charge is 2.24. The van der Waals surface area contributed by atoms with Crippen molar-refractivity contribution in [3.63, 3.8) is 0 Å². The van der Waals surface area contributed by atoms with Gasteiger partial charge in [0.25, 0.3) is 5.91 Å². The van der Waals surface area contributed by atoms with E-state index in [4.69, 9.17) is 9.84 Å². The monoisotopic (exact) mass is 331 g/mol. The highest BCUT2D eigenvalue weighted by molar-refractivity contribution is 5.78. The van der Waals surface area contributed by atoms with Crippen molar-refractivity contribution in [1.29, 1.82) is 0 Å². The topological polar surface area (TPSA) is 66.8 Å². The van der Waals surface area contributed by atoms with Gasteiger partial charge in [-0.05, 0) is 67.7 Å². The largest absolute Gasteiger partial charge is 0.484 e. The molecular formula is C19H25NO4. The number of ether oxygens (including phenoxy) is 1. The summed E-state index contributed by atoms with van der Waals surface area (Å²) in [5, 5.41) is 8.80. The van der Waals surface area contributed by atoms with Gasteiger partial charge in [0.15, 0.2) is 6.61 Å². The lowest BCUT2D eigenvalue weighted by molar-refractivity contribution is -0.137. The van der Waals surface area contributed by atoms with E-state index in [1.54, 1.807) is 0 Å². The molecule has 1 amide bonds. The van der Waals surface area contributed by atoms with Crippen LogP contribution in [-0.2, 0) is 22.4 Å².